The minimum atomic E-state index is -0.674. The van der Waals surface area contributed by atoms with Crippen LogP contribution in [0.15, 0.2) is 12.1 Å². The molecule has 0 aromatic heterocycles. The highest BCUT2D eigenvalue weighted by Gasteiger charge is 2.15. The Morgan fingerprint density at radius 3 is 2.38 bits per heavy atom. The van der Waals surface area contributed by atoms with Crippen molar-refractivity contribution in [1.29, 1.82) is 0 Å². The van der Waals surface area contributed by atoms with Crippen LogP contribution in [0.5, 0.6) is 5.75 Å². The summed E-state index contributed by atoms with van der Waals surface area (Å²) in [5.74, 6) is -0.734. The van der Waals surface area contributed by atoms with Crippen LogP contribution in [-0.2, 0) is 9.53 Å². The summed E-state index contributed by atoms with van der Waals surface area (Å²) in [4.78, 5) is 23.3. The molecular weight excluding hydrogens is 317 g/mol. The third kappa shape index (κ3) is 5.44. The number of unbranched alkanes of at least 4 members (excludes halogenated alkanes) is 1. The number of carbonyl (C=O) groups excluding carboxylic acids is 2. The molecule has 0 saturated carbocycles. The van der Waals surface area contributed by atoms with Gasteiger partial charge < -0.3 is 14.8 Å². The SMILES string of the molecule is CCCCNC(=O)COC(=O)c1cc(Cl)c(OC)c(Cl)c1. The van der Waals surface area contributed by atoms with Crippen LogP contribution in [0.25, 0.3) is 0 Å². The van der Waals surface area contributed by atoms with Gasteiger partial charge in [0.15, 0.2) is 12.4 Å². The number of benzene rings is 1. The van der Waals surface area contributed by atoms with E-state index in [0.717, 1.165) is 12.8 Å². The molecule has 0 atom stereocenters. The molecule has 0 aliphatic rings. The van der Waals surface area contributed by atoms with Gasteiger partial charge in [-0.25, -0.2) is 4.79 Å². The van der Waals surface area contributed by atoms with E-state index in [1.165, 1.54) is 19.2 Å². The molecule has 1 amide bonds. The number of halogens is 2. The van der Waals surface area contributed by atoms with Gasteiger partial charge >= 0.3 is 5.97 Å². The number of hydrogen-bond donors (Lipinski definition) is 1. The van der Waals surface area contributed by atoms with Gasteiger partial charge in [-0.1, -0.05) is 36.5 Å². The van der Waals surface area contributed by atoms with Crippen molar-refractivity contribution in [3.05, 3.63) is 27.7 Å². The Labute approximate surface area is 133 Å². The number of ether oxygens (including phenoxy) is 2. The van der Waals surface area contributed by atoms with Gasteiger partial charge in [-0.05, 0) is 18.6 Å². The highest BCUT2D eigenvalue weighted by atomic mass is 35.5. The largest absolute Gasteiger partial charge is 0.494 e. The van der Waals surface area contributed by atoms with Gasteiger partial charge in [0.1, 0.15) is 0 Å². The Morgan fingerprint density at radius 2 is 1.86 bits per heavy atom. The van der Waals surface area contributed by atoms with Crippen LogP contribution >= 0.6 is 23.2 Å². The molecular formula is C14H17Cl2NO4. The van der Waals surface area contributed by atoms with Crippen molar-refractivity contribution in [3.8, 4) is 5.75 Å². The molecule has 1 aromatic carbocycles. The summed E-state index contributed by atoms with van der Waals surface area (Å²) >= 11 is 11.9. The Balaban J connectivity index is 2.58. The fourth-order valence-corrected chi connectivity index (χ4v) is 2.18. The van der Waals surface area contributed by atoms with Crippen LogP contribution in [0, 0.1) is 0 Å². The summed E-state index contributed by atoms with van der Waals surface area (Å²) < 4.78 is 9.88. The normalized spacial score (nSPS) is 10.1. The van der Waals surface area contributed by atoms with Crippen molar-refractivity contribution in [2.45, 2.75) is 19.8 Å². The van der Waals surface area contributed by atoms with Crippen molar-refractivity contribution in [1.82, 2.24) is 5.32 Å². The molecule has 1 rings (SSSR count). The lowest BCUT2D eigenvalue weighted by Crippen LogP contribution is -2.29. The smallest absolute Gasteiger partial charge is 0.338 e. The average molecular weight is 334 g/mol. The molecule has 0 unspecified atom stereocenters. The summed E-state index contributed by atoms with van der Waals surface area (Å²) in [5, 5.41) is 3.04. The lowest BCUT2D eigenvalue weighted by atomic mass is 10.2. The van der Waals surface area contributed by atoms with Crippen LogP contribution in [-0.4, -0.2) is 32.1 Å². The van der Waals surface area contributed by atoms with Gasteiger partial charge in [-0.2, -0.15) is 0 Å². The molecule has 1 N–H and O–H groups in total. The monoisotopic (exact) mass is 333 g/mol. The van der Waals surface area contributed by atoms with Gasteiger partial charge in [0.05, 0.1) is 22.7 Å². The van der Waals surface area contributed by atoms with Gasteiger partial charge in [0, 0.05) is 6.54 Å². The van der Waals surface area contributed by atoms with E-state index in [-0.39, 0.29) is 33.9 Å². The Hall–Kier alpha value is -1.46. The van der Waals surface area contributed by atoms with Crippen molar-refractivity contribution >= 4 is 35.1 Å². The number of amides is 1. The molecule has 0 aliphatic heterocycles. The molecule has 116 valence electrons. The molecule has 1 aromatic rings. The predicted octanol–water partition coefficient (Wildman–Crippen LogP) is 3.08. The van der Waals surface area contributed by atoms with E-state index in [0.29, 0.717) is 6.54 Å². The van der Waals surface area contributed by atoms with Crippen molar-refractivity contribution < 1.29 is 19.1 Å². The number of methoxy groups -OCH3 is 1. The second kappa shape index (κ2) is 8.74. The van der Waals surface area contributed by atoms with Gasteiger partial charge in [-0.3, -0.25) is 4.79 Å². The maximum absolute atomic E-state index is 11.8. The molecule has 0 aliphatic carbocycles. The summed E-state index contributed by atoms with van der Waals surface area (Å²) in [6.45, 7) is 2.24. The topological polar surface area (TPSA) is 64.6 Å². The van der Waals surface area contributed by atoms with Crippen molar-refractivity contribution in [2.75, 3.05) is 20.3 Å². The second-order valence-electron chi connectivity index (χ2n) is 4.25. The van der Waals surface area contributed by atoms with Gasteiger partial charge in [-0.15, -0.1) is 0 Å². The van der Waals surface area contributed by atoms with E-state index in [9.17, 15) is 9.59 Å². The predicted molar refractivity (Wildman–Crippen MR) is 81.2 cm³/mol. The van der Waals surface area contributed by atoms with Crippen LogP contribution in [0.4, 0.5) is 0 Å². The molecule has 21 heavy (non-hydrogen) atoms. The third-order valence-electron chi connectivity index (χ3n) is 2.62. The number of carbonyl (C=O) groups is 2. The standard InChI is InChI=1S/C14H17Cl2NO4/c1-3-4-5-17-12(18)8-21-14(19)9-6-10(15)13(20-2)11(16)7-9/h6-7H,3-5,8H2,1-2H3,(H,17,18). The molecule has 7 heteroatoms. The minimum absolute atomic E-state index is 0.159. The van der Waals surface area contributed by atoms with Gasteiger partial charge in [0.25, 0.3) is 5.91 Å². The quantitative estimate of drug-likeness (QED) is 0.615. The highest BCUT2D eigenvalue weighted by molar-refractivity contribution is 6.37. The maximum Gasteiger partial charge on any atom is 0.338 e. The van der Waals surface area contributed by atoms with Crippen molar-refractivity contribution in [2.24, 2.45) is 0 Å². The lowest BCUT2D eigenvalue weighted by molar-refractivity contribution is -0.124. The van der Waals surface area contributed by atoms with Crippen LogP contribution in [0.3, 0.4) is 0 Å². The van der Waals surface area contributed by atoms with E-state index in [1.54, 1.807) is 0 Å². The Bertz CT molecular complexity index is 497. The first-order valence-electron chi connectivity index (χ1n) is 6.46. The van der Waals surface area contributed by atoms with E-state index in [4.69, 9.17) is 32.7 Å². The van der Waals surface area contributed by atoms with Crippen LogP contribution < -0.4 is 10.1 Å². The number of hydrogen-bond acceptors (Lipinski definition) is 4. The highest BCUT2D eigenvalue weighted by Crippen LogP contribution is 2.33. The lowest BCUT2D eigenvalue weighted by Gasteiger charge is -2.09. The second-order valence-corrected chi connectivity index (χ2v) is 5.07. The van der Waals surface area contributed by atoms with Crippen LogP contribution in [0.2, 0.25) is 10.0 Å². The first kappa shape index (κ1) is 17.6. The number of esters is 1. The number of rotatable bonds is 7. The number of nitrogens with one attached hydrogen (secondary N) is 1. The van der Waals surface area contributed by atoms with E-state index in [2.05, 4.69) is 5.32 Å². The van der Waals surface area contributed by atoms with Crippen LogP contribution in [0.1, 0.15) is 30.1 Å². The van der Waals surface area contributed by atoms with Gasteiger partial charge in [0.2, 0.25) is 0 Å². The molecule has 0 spiro atoms. The maximum atomic E-state index is 11.8. The third-order valence-corrected chi connectivity index (χ3v) is 3.19. The fraction of sp³-hybridized carbons (Fsp3) is 0.429. The zero-order valence-electron chi connectivity index (χ0n) is 11.9. The summed E-state index contributed by atoms with van der Waals surface area (Å²) in [6.07, 6.45) is 1.85. The molecule has 0 radical (unpaired) electrons. The van der Waals surface area contributed by atoms with Crippen molar-refractivity contribution in [3.63, 3.8) is 0 Å². The zero-order valence-corrected chi connectivity index (χ0v) is 13.4. The fourth-order valence-electron chi connectivity index (χ4n) is 1.54. The first-order chi connectivity index (χ1) is 9.99. The average Bonchev–Trinajstić information content (AvgIpc) is 2.44. The Morgan fingerprint density at radius 1 is 1.24 bits per heavy atom. The summed E-state index contributed by atoms with van der Waals surface area (Å²) in [5.41, 5.74) is 0.159. The molecule has 0 saturated heterocycles. The summed E-state index contributed by atoms with van der Waals surface area (Å²) in [7, 11) is 1.42. The molecule has 0 bridgehead atoms. The van der Waals surface area contributed by atoms with E-state index >= 15 is 0 Å². The van der Waals surface area contributed by atoms with E-state index < -0.39 is 5.97 Å². The minimum Gasteiger partial charge on any atom is -0.494 e. The Kier molecular flexibility index (Phi) is 7.32. The zero-order chi connectivity index (χ0) is 15.8. The first-order valence-corrected chi connectivity index (χ1v) is 7.22. The summed E-state index contributed by atoms with van der Waals surface area (Å²) in [6, 6.07) is 2.76. The molecule has 0 heterocycles. The molecule has 0 fully saturated rings. The molecule has 5 nitrogen and oxygen atoms in total. The van der Waals surface area contributed by atoms with E-state index in [1.807, 2.05) is 6.92 Å².